The zero-order chi connectivity index (χ0) is 20.4. The van der Waals surface area contributed by atoms with Crippen molar-refractivity contribution in [1.29, 1.82) is 0 Å². The van der Waals surface area contributed by atoms with Gasteiger partial charge in [-0.2, -0.15) is 0 Å². The molecule has 3 fully saturated rings. The number of piperidine rings is 3. The molecule has 0 unspecified atom stereocenters. The molecule has 4 atom stereocenters. The quantitative estimate of drug-likeness (QED) is 0.767. The van der Waals surface area contributed by atoms with E-state index in [4.69, 9.17) is 0 Å². The lowest BCUT2D eigenvalue weighted by Crippen LogP contribution is -2.66. The van der Waals surface area contributed by atoms with E-state index in [0.717, 1.165) is 25.8 Å². The van der Waals surface area contributed by atoms with E-state index in [1.165, 1.54) is 25.4 Å². The fourth-order valence-electron chi connectivity index (χ4n) is 5.56. The van der Waals surface area contributed by atoms with Crippen molar-refractivity contribution in [3.05, 3.63) is 28.4 Å². The predicted octanol–water partition coefficient (Wildman–Crippen LogP) is 1.00. The molecule has 2 N–H and O–H groups in total. The normalized spacial score (nSPS) is 29.2. The van der Waals surface area contributed by atoms with Crippen LogP contribution in [-0.4, -0.2) is 69.8 Å². The second-order valence-electron chi connectivity index (χ2n) is 8.68. The van der Waals surface area contributed by atoms with Gasteiger partial charge in [-0.05, 0) is 44.1 Å². The van der Waals surface area contributed by atoms with Gasteiger partial charge in [0.1, 0.15) is 5.56 Å². The fraction of sp³-hybridized carbons (Fsp3) is 0.714. The van der Waals surface area contributed by atoms with Crippen molar-refractivity contribution in [3.63, 3.8) is 0 Å². The van der Waals surface area contributed by atoms with Gasteiger partial charge in [0, 0.05) is 44.3 Å². The number of carbonyl (C=O) groups excluding carboxylic acids is 2. The first-order valence-corrected chi connectivity index (χ1v) is 10.9. The number of aromatic nitrogens is 2. The maximum absolute atomic E-state index is 13.1. The molecule has 3 saturated heterocycles. The van der Waals surface area contributed by atoms with Gasteiger partial charge in [-0.25, -0.2) is 4.98 Å². The number of hydrogen-bond donors (Lipinski definition) is 2. The van der Waals surface area contributed by atoms with E-state index in [-0.39, 0.29) is 29.0 Å². The second-order valence-corrected chi connectivity index (χ2v) is 8.68. The van der Waals surface area contributed by atoms with Crippen LogP contribution in [0.3, 0.4) is 0 Å². The molecule has 1 aromatic rings. The summed E-state index contributed by atoms with van der Waals surface area (Å²) in [6.45, 7) is 5.04. The van der Waals surface area contributed by atoms with E-state index in [1.54, 1.807) is 0 Å². The fourth-order valence-corrected chi connectivity index (χ4v) is 5.56. The van der Waals surface area contributed by atoms with Crippen LogP contribution in [0.25, 0.3) is 0 Å². The summed E-state index contributed by atoms with van der Waals surface area (Å²) in [6, 6.07) is 0.705. The average Bonchev–Trinajstić information content (AvgIpc) is 2.73. The molecule has 0 aliphatic carbocycles. The molecule has 8 nitrogen and oxygen atoms in total. The highest BCUT2D eigenvalue weighted by Crippen LogP contribution is 2.41. The van der Waals surface area contributed by atoms with Crippen molar-refractivity contribution < 1.29 is 9.59 Å². The third kappa shape index (κ3) is 4.08. The summed E-state index contributed by atoms with van der Waals surface area (Å²) in [7, 11) is 0. The number of nitrogens with one attached hydrogen (secondary N) is 2. The number of H-pyrrole nitrogens is 1. The lowest BCUT2D eigenvalue weighted by atomic mass is 9.72. The summed E-state index contributed by atoms with van der Waals surface area (Å²) in [4.78, 5) is 48.1. The molecule has 158 valence electrons. The van der Waals surface area contributed by atoms with Crippen LogP contribution in [0.5, 0.6) is 0 Å². The van der Waals surface area contributed by atoms with Gasteiger partial charge >= 0.3 is 0 Å². The average molecular weight is 402 g/mol. The van der Waals surface area contributed by atoms with Gasteiger partial charge in [-0.1, -0.05) is 13.3 Å². The van der Waals surface area contributed by atoms with E-state index in [2.05, 4.69) is 20.2 Å². The summed E-state index contributed by atoms with van der Waals surface area (Å²) in [5.74, 6) is 0.613. The van der Waals surface area contributed by atoms with Crippen LogP contribution >= 0.6 is 0 Å². The van der Waals surface area contributed by atoms with Gasteiger partial charge in [0.15, 0.2) is 0 Å². The highest BCUT2D eigenvalue weighted by atomic mass is 16.2. The van der Waals surface area contributed by atoms with E-state index in [1.807, 2.05) is 11.8 Å². The van der Waals surface area contributed by atoms with Crippen molar-refractivity contribution >= 4 is 11.8 Å². The summed E-state index contributed by atoms with van der Waals surface area (Å²) in [6.07, 6.45) is 8.71. The van der Waals surface area contributed by atoms with E-state index >= 15 is 0 Å². The molecular formula is C21H31N5O3. The predicted molar refractivity (Wildman–Crippen MR) is 108 cm³/mol. The molecule has 8 heteroatoms. The lowest BCUT2D eigenvalue weighted by molar-refractivity contribution is -0.122. The van der Waals surface area contributed by atoms with Crippen molar-refractivity contribution in [2.75, 3.05) is 26.2 Å². The first-order chi connectivity index (χ1) is 14.1. The van der Waals surface area contributed by atoms with E-state index < -0.39 is 0 Å². The lowest BCUT2D eigenvalue weighted by Gasteiger charge is -2.56. The molecule has 4 rings (SSSR count). The van der Waals surface area contributed by atoms with Gasteiger partial charge in [0.25, 0.3) is 11.5 Å². The SMILES string of the molecule is CCCC(=O)NC[C@H]1[C@H]2C[C@H](CN(C(=O)c3cnc[nH]c3=O)C2)[C@@H]2CCCCN21. The van der Waals surface area contributed by atoms with Crippen LogP contribution in [0.15, 0.2) is 17.3 Å². The molecule has 29 heavy (non-hydrogen) atoms. The zero-order valence-electron chi connectivity index (χ0n) is 17.1. The van der Waals surface area contributed by atoms with Gasteiger partial charge in [0.2, 0.25) is 5.91 Å². The number of rotatable bonds is 5. The molecule has 3 aliphatic rings. The Kier molecular flexibility index (Phi) is 5.99. The Morgan fingerprint density at radius 3 is 2.90 bits per heavy atom. The summed E-state index contributed by atoms with van der Waals surface area (Å²) < 4.78 is 0. The highest BCUT2D eigenvalue weighted by molar-refractivity contribution is 5.93. The number of likely N-dealkylation sites (tertiary alicyclic amines) is 1. The van der Waals surface area contributed by atoms with Crippen molar-refractivity contribution in [1.82, 2.24) is 25.1 Å². The standard InChI is InChI=1S/C21H31N5O3/c1-2-5-19(27)23-10-18-15-8-14(17-6-3-4-7-26(17)18)11-25(12-15)21(29)16-9-22-13-24-20(16)28/h9,13-15,17-18H,2-8,10-12H2,1H3,(H,23,27)(H,22,24,28)/t14-,15+,17+,18+/m1/s1. The Labute approximate surface area is 171 Å². The molecular weight excluding hydrogens is 370 g/mol. The number of aromatic amines is 1. The molecule has 0 radical (unpaired) electrons. The van der Waals surface area contributed by atoms with Gasteiger partial charge < -0.3 is 15.2 Å². The first-order valence-electron chi connectivity index (χ1n) is 10.9. The Morgan fingerprint density at radius 2 is 2.10 bits per heavy atom. The van der Waals surface area contributed by atoms with Crippen LogP contribution in [0.4, 0.5) is 0 Å². The molecule has 2 amide bonds. The van der Waals surface area contributed by atoms with Crippen LogP contribution < -0.4 is 10.9 Å². The molecule has 0 aromatic carbocycles. The Bertz CT molecular complexity index is 810. The summed E-state index contributed by atoms with van der Waals surface area (Å²) >= 11 is 0. The van der Waals surface area contributed by atoms with Crippen molar-refractivity contribution in [2.24, 2.45) is 11.8 Å². The largest absolute Gasteiger partial charge is 0.355 e. The minimum Gasteiger partial charge on any atom is -0.355 e. The Hall–Kier alpha value is -2.22. The Morgan fingerprint density at radius 1 is 1.28 bits per heavy atom. The molecule has 2 bridgehead atoms. The number of fused-ring (bicyclic) bond motifs is 4. The number of hydrogen-bond acceptors (Lipinski definition) is 5. The monoisotopic (exact) mass is 401 g/mol. The van der Waals surface area contributed by atoms with Crippen molar-refractivity contribution in [3.8, 4) is 0 Å². The van der Waals surface area contributed by atoms with Crippen LogP contribution in [0.1, 0.15) is 55.8 Å². The third-order valence-electron chi connectivity index (χ3n) is 6.84. The van der Waals surface area contributed by atoms with Crippen molar-refractivity contribution in [2.45, 2.75) is 57.5 Å². The van der Waals surface area contributed by atoms with Gasteiger partial charge in [0.05, 0.1) is 6.33 Å². The van der Waals surface area contributed by atoms with Crippen LogP contribution in [0, 0.1) is 11.8 Å². The minimum absolute atomic E-state index is 0.105. The molecule has 4 heterocycles. The highest BCUT2D eigenvalue weighted by Gasteiger charge is 2.48. The van der Waals surface area contributed by atoms with E-state index in [0.29, 0.717) is 43.9 Å². The second kappa shape index (κ2) is 8.65. The first kappa shape index (κ1) is 20.1. The maximum Gasteiger partial charge on any atom is 0.263 e. The number of amides is 2. The minimum atomic E-state index is -0.386. The van der Waals surface area contributed by atoms with Crippen LogP contribution in [0.2, 0.25) is 0 Å². The summed E-state index contributed by atoms with van der Waals surface area (Å²) in [5, 5.41) is 3.13. The van der Waals surface area contributed by atoms with Gasteiger partial charge in [-0.15, -0.1) is 0 Å². The molecule has 0 saturated carbocycles. The summed E-state index contributed by atoms with van der Waals surface area (Å²) in [5.41, 5.74) is -0.274. The van der Waals surface area contributed by atoms with Gasteiger partial charge in [-0.3, -0.25) is 19.3 Å². The third-order valence-corrected chi connectivity index (χ3v) is 6.84. The molecule has 3 aliphatic heterocycles. The number of nitrogens with zero attached hydrogens (tertiary/aromatic N) is 3. The number of carbonyl (C=O) groups is 2. The Balaban J connectivity index is 1.53. The molecule has 1 aromatic heterocycles. The topological polar surface area (TPSA) is 98.4 Å². The smallest absolute Gasteiger partial charge is 0.263 e. The maximum atomic E-state index is 13.1. The van der Waals surface area contributed by atoms with Crippen LogP contribution in [-0.2, 0) is 4.79 Å². The zero-order valence-corrected chi connectivity index (χ0v) is 17.1. The van der Waals surface area contributed by atoms with E-state index in [9.17, 15) is 14.4 Å². The molecule has 0 spiro atoms.